The second kappa shape index (κ2) is 38.3. The molecule has 6 atom stereocenters. The molecule has 0 aromatic heterocycles. The number of unbranched alkanes of at least 4 members (excludes halogenated alkanes) is 13. The van der Waals surface area contributed by atoms with E-state index in [1.165, 1.54) is 25.7 Å². The van der Waals surface area contributed by atoms with Crippen molar-refractivity contribution >= 4 is 22.1 Å². The predicted molar refractivity (Wildman–Crippen MR) is 247 cm³/mol. The first-order chi connectivity index (χ1) is 30.0. The monoisotopic (exact) mass is 893 g/mol. The molecule has 0 saturated carbocycles. The minimum atomic E-state index is -4.61. The van der Waals surface area contributed by atoms with Crippen molar-refractivity contribution in [2.24, 2.45) is 0 Å². The lowest BCUT2D eigenvalue weighted by Gasteiger charge is -2.40. The van der Waals surface area contributed by atoms with E-state index in [4.69, 9.17) is 18.9 Å². The Labute approximate surface area is 373 Å². The standard InChI is InChI=1S/C49H80O12S/c1-3-5-7-9-11-13-15-17-18-19-20-21-22-23-24-26-27-29-31-33-35-37-44(50)58-39-42(40-59-49-48(54)47(53)46(52)43(61-49)41-62(55,56)57)60-45(51)38-36-34-32-30-28-25-16-14-12-10-8-6-4-2/h6,8,10-14,16-18,20-21,23-24,42-43,46-49,52-54H,3-5,7,9,15,19,22,25-41H2,1-2H3,(H,55,56,57)/b8-6+,12-10+,13-11+,16-14+,18-17+,21-20+,24-23+/t42?,43-,46-,47?,48?,49+/m1/s1. The van der Waals surface area contributed by atoms with Gasteiger partial charge in [0.1, 0.15) is 36.8 Å². The topological polar surface area (TPSA) is 186 Å². The molecule has 1 heterocycles. The minimum Gasteiger partial charge on any atom is -0.462 e. The van der Waals surface area contributed by atoms with Crippen LogP contribution in [-0.4, -0.2) is 96.0 Å². The summed E-state index contributed by atoms with van der Waals surface area (Å²) in [6, 6.07) is 0. The lowest BCUT2D eigenvalue weighted by Crippen LogP contribution is -2.60. The summed E-state index contributed by atoms with van der Waals surface area (Å²) in [6.45, 7) is 3.55. The molecule has 0 bridgehead atoms. The molecule has 12 nitrogen and oxygen atoms in total. The molecule has 4 N–H and O–H groups in total. The molecular weight excluding hydrogens is 813 g/mol. The second-order valence-electron chi connectivity index (χ2n) is 15.7. The third kappa shape index (κ3) is 32.5. The van der Waals surface area contributed by atoms with Crippen molar-refractivity contribution in [3.63, 3.8) is 0 Å². The Bertz CT molecular complexity index is 1460. The zero-order valence-corrected chi connectivity index (χ0v) is 38.5. The predicted octanol–water partition coefficient (Wildman–Crippen LogP) is 9.67. The van der Waals surface area contributed by atoms with E-state index < -0.39 is 71.2 Å². The number of aliphatic hydroxyl groups excluding tert-OH is 3. The van der Waals surface area contributed by atoms with E-state index in [0.717, 1.165) is 89.9 Å². The van der Waals surface area contributed by atoms with Gasteiger partial charge in [-0.25, -0.2) is 0 Å². The van der Waals surface area contributed by atoms with E-state index in [1.54, 1.807) is 0 Å². The van der Waals surface area contributed by atoms with E-state index in [-0.39, 0.29) is 19.4 Å². The van der Waals surface area contributed by atoms with Gasteiger partial charge in [-0.1, -0.05) is 150 Å². The zero-order valence-electron chi connectivity index (χ0n) is 37.7. The maximum absolute atomic E-state index is 12.8. The summed E-state index contributed by atoms with van der Waals surface area (Å²) in [5, 5.41) is 30.9. The van der Waals surface area contributed by atoms with Crippen LogP contribution >= 0.6 is 0 Å². The number of ether oxygens (including phenoxy) is 4. The highest BCUT2D eigenvalue weighted by molar-refractivity contribution is 7.85. The Hall–Kier alpha value is -3.17. The van der Waals surface area contributed by atoms with Crippen LogP contribution in [0.4, 0.5) is 0 Å². The lowest BCUT2D eigenvalue weighted by molar-refractivity contribution is -0.297. The van der Waals surface area contributed by atoms with Gasteiger partial charge in [-0.2, -0.15) is 8.42 Å². The third-order valence-electron chi connectivity index (χ3n) is 10.0. The molecule has 0 aromatic carbocycles. The number of esters is 2. The Morgan fingerprint density at radius 2 is 1.08 bits per heavy atom. The lowest BCUT2D eigenvalue weighted by atomic mass is 10.00. The summed E-state index contributed by atoms with van der Waals surface area (Å²) in [6.07, 6.45) is 40.5. The molecule has 1 aliphatic heterocycles. The highest BCUT2D eigenvalue weighted by Gasteiger charge is 2.46. The zero-order chi connectivity index (χ0) is 45.5. The van der Waals surface area contributed by atoms with Crippen molar-refractivity contribution in [1.29, 1.82) is 0 Å². The van der Waals surface area contributed by atoms with E-state index in [9.17, 15) is 37.9 Å². The molecule has 1 fully saturated rings. The molecule has 0 radical (unpaired) electrons. The van der Waals surface area contributed by atoms with Crippen molar-refractivity contribution < 1.29 is 56.8 Å². The molecule has 0 amide bonds. The fourth-order valence-corrected chi connectivity index (χ4v) is 7.11. The Morgan fingerprint density at radius 1 is 0.581 bits per heavy atom. The first-order valence-corrected chi connectivity index (χ1v) is 24.8. The summed E-state index contributed by atoms with van der Waals surface area (Å²) in [5.41, 5.74) is 0. The average Bonchev–Trinajstić information content (AvgIpc) is 3.24. The molecule has 0 aliphatic carbocycles. The van der Waals surface area contributed by atoms with E-state index in [2.05, 4.69) is 74.6 Å². The Morgan fingerprint density at radius 3 is 1.65 bits per heavy atom. The van der Waals surface area contributed by atoms with Gasteiger partial charge in [-0.15, -0.1) is 0 Å². The van der Waals surface area contributed by atoms with Crippen LogP contribution in [0.3, 0.4) is 0 Å². The van der Waals surface area contributed by atoms with E-state index in [1.807, 2.05) is 24.3 Å². The van der Waals surface area contributed by atoms with Crippen molar-refractivity contribution in [1.82, 2.24) is 0 Å². The van der Waals surface area contributed by atoms with Gasteiger partial charge in [0.05, 0.1) is 6.61 Å². The second-order valence-corrected chi connectivity index (χ2v) is 17.2. The fraction of sp³-hybridized carbons (Fsp3) is 0.673. The van der Waals surface area contributed by atoms with Crippen molar-refractivity contribution in [3.05, 3.63) is 85.1 Å². The van der Waals surface area contributed by atoms with Crippen LogP contribution < -0.4 is 0 Å². The maximum Gasteiger partial charge on any atom is 0.306 e. The normalized spacial score (nSPS) is 20.6. The number of carbonyl (C=O) groups excluding carboxylic acids is 2. The Balaban J connectivity index is 2.44. The number of hydrogen-bond acceptors (Lipinski definition) is 11. The molecule has 0 aromatic rings. The smallest absolute Gasteiger partial charge is 0.306 e. The number of aliphatic hydroxyl groups is 3. The van der Waals surface area contributed by atoms with Crippen molar-refractivity contribution in [2.45, 2.75) is 192 Å². The molecule has 62 heavy (non-hydrogen) atoms. The minimum absolute atomic E-state index is 0.132. The van der Waals surface area contributed by atoms with Crippen LogP contribution in [0.15, 0.2) is 85.1 Å². The van der Waals surface area contributed by atoms with Gasteiger partial charge >= 0.3 is 11.9 Å². The first-order valence-electron chi connectivity index (χ1n) is 23.2. The number of hydrogen-bond donors (Lipinski definition) is 4. The third-order valence-corrected chi connectivity index (χ3v) is 10.8. The van der Waals surface area contributed by atoms with Gasteiger partial charge in [0.2, 0.25) is 0 Å². The Kier molecular flexibility index (Phi) is 35.1. The summed E-state index contributed by atoms with van der Waals surface area (Å²) >= 11 is 0. The fourth-order valence-electron chi connectivity index (χ4n) is 6.42. The van der Waals surface area contributed by atoms with Crippen molar-refractivity contribution in [2.75, 3.05) is 19.0 Å². The van der Waals surface area contributed by atoms with Crippen LogP contribution in [0.1, 0.15) is 155 Å². The summed E-state index contributed by atoms with van der Waals surface area (Å²) in [5.74, 6) is -2.05. The van der Waals surface area contributed by atoms with Gasteiger partial charge in [0.25, 0.3) is 10.1 Å². The molecule has 0 spiro atoms. The van der Waals surface area contributed by atoms with Gasteiger partial charge < -0.3 is 34.3 Å². The number of carbonyl (C=O) groups is 2. The molecule has 1 rings (SSSR count). The van der Waals surface area contributed by atoms with Crippen LogP contribution in [-0.2, 0) is 38.7 Å². The summed E-state index contributed by atoms with van der Waals surface area (Å²) in [7, 11) is -4.61. The highest BCUT2D eigenvalue weighted by atomic mass is 32.2. The van der Waals surface area contributed by atoms with Gasteiger partial charge in [0.15, 0.2) is 12.4 Å². The molecule has 13 heteroatoms. The largest absolute Gasteiger partial charge is 0.462 e. The highest BCUT2D eigenvalue weighted by Crippen LogP contribution is 2.24. The van der Waals surface area contributed by atoms with Crippen LogP contribution in [0.25, 0.3) is 0 Å². The molecule has 354 valence electrons. The quantitative estimate of drug-likeness (QED) is 0.0152. The van der Waals surface area contributed by atoms with Crippen LogP contribution in [0.2, 0.25) is 0 Å². The number of rotatable bonds is 37. The molecule has 1 aliphatic rings. The summed E-state index contributed by atoms with van der Waals surface area (Å²) < 4.78 is 54.0. The summed E-state index contributed by atoms with van der Waals surface area (Å²) in [4.78, 5) is 25.4. The van der Waals surface area contributed by atoms with E-state index >= 15 is 0 Å². The average molecular weight is 893 g/mol. The molecule has 1 saturated heterocycles. The van der Waals surface area contributed by atoms with Crippen LogP contribution in [0, 0.1) is 0 Å². The first kappa shape index (κ1) is 56.8. The SMILES string of the molecule is CC/C=C/C=C/C=C/CCCCCCCC(=O)OC(COC(=O)CCCCCCC/C=C/C/C=C/C/C=C/C/C=C/CCCCC)CO[C@H]1O[C@H](CS(=O)(=O)O)[C@@H](O)C(O)C1O. The van der Waals surface area contributed by atoms with Crippen LogP contribution in [0.5, 0.6) is 0 Å². The molecular formula is C49H80O12S. The van der Waals surface area contributed by atoms with Gasteiger partial charge in [-0.3, -0.25) is 14.1 Å². The van der Waals surface area contributed by atoms with Gasteiger partial charge in [-0.05, 0) is 77.0 Å². The van der Waals surface area contributed by atoms with Crippen molar-refractivity contribution in [3.8, 4) is 0 Å². The molecule has 3 unspecified atom stereocenters. The number of allylic oxidation sites excluding steroid dienone is 14. The van der Waals surface area contributed by atoms with Gasteiger partial charge in [0, 0.05) is 12.8 Å². The van der Waals surface area contributed by atoms with E-state index in [0.29, 0.717) is 12.8 Å². The maximum atomic E-state index is 12.8.